The van der Waals surface area contributed by atoms with Gasteiger partial charge >= 0.3 is 134 Å². The van der Waals surface area contributed by atoms with Crippen molar-refractivity contribution in [3.05, 3.63) is 0 Å². The van der Waals surface area contributed by atoms with E-state index >= 15 is 0 Å². The van der Waals surface area contributed by atoms with E-state index in [1.807, 2.05) is 0 Å². The van der Waals surface area contributed by atoms with Gasteiger partial charge in [-0.05, 0) is 0 Å². The van der Waals surface area contributed by atoms with Crippen molar-refractivity contribution in [2.75, 3.05) is 13.2 Å². The standard InChI is InChI=1S/2C8H17O.Zr/c2*1-2-3-4-5-6-7-8-9;/h2*2-8H2,1H3;/q2*-1;+2. The van der Waals surface area contributed by atoms with E-state index in [0.717, 1.165) is 13.2 Å². The van der Waals surface area contributed by atoms with Crippen LogP contribution in [0.5, 0.6) is 0 Å². The summed E-state index contributed by atoms with van der Waals surface area (Å²) in [4.78, 5) is 0. The van der Waals surface area contributed by atoms with Gasteiger partial charge in [-0.15, -0.1) is 0 Å². The number of unbranched alkanes of at least 4 members (excludes halogenated alkanes) is 10. The minimum atomic E-state index is -0.938. The Hall–Kier alpha value is 0.803. The summed E-state index contributed by atoms with van der Waals surface area (Å²) in [6, 6.07) is 0. The van der Waals surface area contributed by atoms with Gasteiger partial charge in [0.2, 0.25) is 0 Å². The Balaban J connectivity index is 2.88. The first-order valence-electron chi connectivity index (χ1n) is 8.40. The number of hydrogen-bond donors (Lipinski definition) is 0. The molecule has 0 aromatic carbocycles. The van der Waals surface area contributed by atoms with Crippen LogP contribution in [0.4, 0.5) is 0 Å². The molecule has 0 unspecified atom stereocenters. The Labute approximate surface area is 133 Å². The van der Waals surface area contributed by atoms with Gasteiger partial charge in [-0.2, -0.15) is 0 Å². The molecule has 0 aliphatic carbocycles. The third kappa shape index (κ3) is 18.8. The molecule has 0 saturated carbocycles. The first-order chi connectivity index (χ1) is 9.41. The maximum atomic E-state index is 5.63. The Morgan fingerprint density at radius 2 is 0.895 bits per heavy atom. The molecule has 0 aromatic heterocycles. The SMILES string of the molecule is CCCCCCCC[O][Zr][O]CCCCCCCC. The summed E-state index contributed by atoms with van der Waals surface area (Å²) >= 11 is -0.938. The Morgan fingerprint density at radius 3 is 1.32 bits per heavy atom. The molecule has 0 radical (unpaired) electrons. The van der Waals surface area contributed by atoms with Crippen LogP contribution in [0.15, 0.2) is 0 Å². The van der Waals surface area contributed by atoms with E-state index in [2.05, 4.69) is 13.8 Å². The fraction of sp³-hybridized carbons (Fsp3) is 1.00. The summed E-state index contributed by atoms with van der Waals surface area (Å²) in [5.74, 6) is 0. The van der Waals surface area contributed by atoms with Gasteiger partial charge in [-0.25, -0.2) is 0 Å². The molecular weight excluding hydrogens is 315 g/mol. The van der Waals surface area contributed by atoms with E-state index in [-0.39, 0.29) is 0 Å². The molecule has 0 aliphatic rings. The maximum absolute atomic E-state index is 5.63. The van der Waals surface area contributed by atoms with E-state index in [4.69, 9.17) is 5.63 Å². The zero-order valence-electron chi connectivity index (χ0n) is 13.2. The molecule has 0 amide bonds. The number of hydrogen-bond acceptors (Lipinski definition) is 2. The molecule has 0 saturated heterocycles. The molecule has 114 valence electrons. The molecule has 3 heteroatoms. The quantitative estimate of drug-likeness (QED) is 0.335. The van der Waals surface area contributed by atoms with E-state index in [9.17, 15) is 0 Å². The van der Waals surface area contributed by atoms with Crippen molar-refractivity contribution in [1.82, 2.24) is 0 Å². The zero-order valence-corrected chi connectivity index (χ0v) is 15.7. The fourth-order valence-corrected chi connectivity index (χ4v) is 3.36. The van der Waals surface area contributed by atoms with Gasteiger partial charge in [0.15, 0.2) is 0 Å². The Bertz CT molecular complexity index is 138. The molecule has 2 nitrogen and oxygen atoms in total. The van der Waals surface area contributed by atoms with E-state index in [0.29, 0.717) is 0 Å². The van der Waals surface area contributed by atoms with Gasteiger partial charge in [-0.3, -0.25) is 0 Å². The van der Waals surface area contributed by atoms with Crippen LogP contribution < -0.4 is 0 Å². The van der Waals surface area contributed by atoms with Crippen molar-refractivity contribution in [2.45, 2.75) is 90.9 Å². The summed E-state index contributed by atoms with van der Waals surface area (Å²) in [5, 5.41) is 0. The summed E-state index contributed by atoms with van der Waals surface area (Å²) in [7, 11) is 0. The second kappa shape index (κ2) is 18.8. The van der Waals surface area contributed by atoms with Crippen molar-refractivity contribution < 1.29 is 29.7 Å². The molecule has 0 fully saturated rings. The van der Waals surface area contributed by atoms with E-state index in [1.54, 1.807) is 0 Å². The van der Waals surface area contributed by atoms with Gasteiger partial charge in [0.25, 0.3) is 0 Å². The van der Waals surface area contributed by atoms with Crippen LogP contribution in [0.2, 0.25) is 0 Å². The van der Waals surface area contributed by atoms with Crippen LogP contribution in [-0.4, -0.2) is 13.2 Å². The van der Waals surface area contributed by atoms with Crippen molar-refractivity contribution in [1.29, 1.82) is 0 Å². The molecule has 0 aromatic rings. The number of rotatable bonds is 16. The summed E-state index contributed by atoms with van der Waals surface area (Å²) in [6.45, 7) is 6.40. The summed E-state index contributed by atoms with van der Waals surface area (Å²) in [6.07, 6.45) is 16.1. The Kier molecular flexibility index (Phi) is 19.6. The van der Waals surface area contributed by atoms with Gasteiger partial charge in [0.1, 0.15) is 0 Å². The molecule has 0 spiro atoms. The first-order valence-corrected chi connectivity index (χ1v) is 10.4. The minimum absolute atomic E-state index is 0.938. The van der Waals surface area contributed by atoms with Crippen LogP contribution in [0, 0.1) is 0 Å². The van der Waals surface area contributed by atoms with Crippen LogP contribution in [0.1, 0.15) is 90.9 Å². The van der Waals surface area contributed by atoms with Gasteiger partial charge in [-0.1, -0.05) is 0 Å². The Morgan fingerprint density at radius 1 is 0.526 bits per heavy atom. The van der Waals surface area contributed by atoms with Crippen molar-refractivity contribution in [2.24, 2.45) is 0 Å². The monoisotopic (exact) mass is 348 g/mol. The molecular formula is C16H34O2Zr. The van der Waals surface area contributed by atoms with Gasteiger partial charge in [0, 0.05) is 0 Å². The molecule has 0 bridgehead atoms. The average Bonchev–Trinajstić information content (AvgIpc) is 2.43. The zero-order chi connectivity index (χ0) is 14.0. The van der Waals surface area contributed by atoms with Crippen LogP contribution in [0.3, 0.4) is 0 Å². The molecule has 19 heavy (non-hydrogen) atoms. The molecule has 0 heterocycles. The van der Waals surface area contributed by atoms with Gasteiger partial charge < -0.3 is 0 Å². The third-order valence-electron chi connectivity index (χ3n) is 3.32. The third-order valence-corrected chi connectivity index (χ3v) is 4.90. The predicted molar refractivity (Wildman–Crippen MR) is 78.7 cm³/mol. The average molecular weight is 350 g/mol. The van der Waals surface area contributed by atoms with Crippen molar-refractivity contribution >= 4 is 0 Å². The molecule has 0 atom stereocenters. The molecule has 0 rings (SSSR count). The van der Waals surface area contributed by atoms with E-state index in [1.165, 1.54) is 77.0 Å². The topological polar surface area (TPSA) is 18.5 Å². The van der Waals surface area contributed by atoms with Crippen LogP contribution >= 0.6 is 0 Å². The summed E-state index contributed by atoms with van der Waals surface area (Å²) < 4.78 is 11.3. The second-order valence-corrected chi connectivity index (χ2v) is 7.14. The normalized spacial score (nSPS) is 10.8. The second-order valence-electron chi connectivity index (χ2n) is 5.32. The fourth-order valence-electron chi connectivity index (χ4n) is 2.03. The summed E-state index contributed by atoms with van der Waals surface area (Å²) in [5.41, 5.74) is 0. The molecule has 0 N–H and O–H groups in total. The van der Waals surface area contributed by atoms with Crippen molar-refractivity contribution in [3.63, 3.8) is 0 Å². The molecule has 0 aliphatic heterocycles. The van der Waals surface area contributed by atoms with Crippen LogP contribution in [0.25, 0.3) is 0 Å². The van der Waals surface area contributed by atoms with Gasteiger partial charge in [0.05, 0.1) is 0 Å². The predicted octanol–water partition coefficient (Wildman–Crippen LogP) is 5.65. The van der Waals surface area contributed by atoms with Crippen molar-refractivity contribution in [3.8, 4) is 0 Å². The van der Waals surface area contributed by atoms with E-state index < -0.39 is 24.1 Å². The first kappa shape index (κ1) is 19.8. The van der Waals surface area contributed by atoms with Crippen LogP contribution in [-0.2, 0) is 29.7 Å².